The van der Waals surface area contributed by atoms with Gasteiger partial charge in [-0.15, -0.1) is 11.3 Å². The van der Waals surface area contributed by atoms with Crippen molar-refractivity contribution in [2.24, 2.45) is 7.05 Å². The third-order valence-corrected chi connectivity index (χ3v) is 3.62. The van der Waals surface area contributed by atoms with Crippen LogP contribution in [0.5, 0.6) is 0 Å². The highest BCUT2D eigenvalue weighted by Crippen LogP contribution is 2.26. The minimum absolute atomic E-state index is 0. The molecular formula is C9H13N2S2+. The Hall–Kier alpha value is -0.610. The maximum Gasteiger partial charge on any atom is 0.188 e. The van der Waals surface area contributed by atoms with Gasteiger partial charge in [0.25, 0.3) is 0 Å². The molecule has 70 valence electrons. The molecule has 0 bridgehead atoms. The van der Waals surface area contributed by atoms with Crippen LogP contribution in [-0.2, 0) is 7.05 Å². The fraction of sp³-hybridized carbons (Fsp3) is 0.333. The molecule has 2 nitrogen and oxygen atoms in total. The number of fused-ring (bicyclic) bond motifs is 1. The van der Waals surface area contributed by atoms with Crippen LogP contribution < -0.4 is 4.57 Å². The minimum Gasteiger partial charge on any atom is -0.229 e. The molecule has 0 spiro atoms. The molecule has 0 fully saturated rings. The summed E-state index contributed by atoms with van der Waals surface area (Å²) in [4.78, 5) is 4.44. The summed E-state index contributed by atoms with van der Waals surface area (Å²) in [5.41, 5.74) is 1.10. The van der Waals surface area contributed by atoms with Crippen molar-refractivity contribution in [2.45, 2.75) is 11.8 Å². The van der Waals surface area contributed by atoms with Crippen LogP contribution in [0.1, 0.15) is 7.43 Å². The van der Waals surface area contributed by atoms with Crippen molar-refractivity contribution in [3.8, 4) is 0 Å². The topological polar surface area (TPSA) is 16.8 Å². The van der Waals surface area contributed by atoms with Gasteiger partial charge in [0.05, 0.1) is 5.52 Å². The van der Waals surface area contributed by atoms with Gasteiger partial charge >= 0.3 is 0 Å². The average molecular weight is 213 g/mol. The van der Waals surface area contributed by atoms with Crippen molar-refractivity contribution in [3.05, 3.63) is 18.5 Å². The van der Waals surface area contributed by atoms with Crippen LogP contribution in [0.4, 0.5) is 0 Å². The minimum atomic E-state index is 0. The molecule has 13 heavy (non-hydrogen) atoms. The van der Waals surface area contributed by atoms with Crippen LogP contribution in [0.2, 0.25) is 0 Å². The maximum atomic E-state index is 4.44. The van der Waals surface area contributed by atoms with Crippen LogP contribution in [0.25, 0.3) is 10.2 Å². The lowest BCUT2D eigenvalue weighted by Gasteiger charge is -1.83. The van der Waals surface area contributed by atoms with E-state index in [0.717, 1.165) is 9.86 Å². The highest BCUT2D eigenvalue weighted by Gasteiger charge is 2.05. The zero-order valence-corrected chi connectivity index (χ0v) is 8.58. The van der Waals surface area contributed by atoms with Gasteiger partial charge in [-0.3, -0.25) is 0 Å². The van der Waals surface area contributed by atoms with E-state index >= 15 is 0 Å². The Morgan fingerprint density at radius 1 is 1.54 bits per heavy atom. The van der Waals surface area contributed by atoms with Gasteiger partial charge in [0, 0.05) is 6.07 Å². The molecule has 0 aliphatic heterocycles. The van der Waals surface area contributed by atoms with Gasteiger partial charge in [0.15, 0.2) is 16.7 Å². The Kier molecular flexibility index (Phi) is 3.27. The fourth-order valence-electron chi connectivity index (χ4n) is 1.04. The van der Waals surface area contributed by atoms with E-state index in [2.05, 4.69) is 17.4 Å². The Balaban J connectivity index is 0.000000845. The number of nitrogens with zero attached hydrogens (tertiary/aromatic N) is 2. The highest BCUT2D eigenvalue weighted by atomic mass is 32.2. The van der Waals surface area contributed by atoms with E-state index in [-0.39, 0.29) is 7.43 Å². The van der Waals surface area contributed by atoms with Gasteiger partial charge in [-0.1, -0.05) is 19.2 Å². The molecule has 0 aliphatic rings. The zero-order valence-electron chi connectivity index (χ0n) is 6.94. The number of aryl methyl sites for hydroxylation is 1. The SMILES string of the molecule is C.CSc1nc2cc[n+](C)cc2s1. The Morgan fingerprint density at radius 3 is 3.00 bits per heavy atom. The van der Waals surface area contributed by atoms with Gasteiger partial charge in [-0.2, -0.15) is 0 Å². The van der Waals surface area contributed by atoms with Crippen molar-refractivity contribution in [1.82, 2.24) is 4.98 Å². The predicted octanol–water partition coefficient (Wildman–Crippen LogP) is 2.48. The summed E-state index contributed by atoms with van der Waals surface area (Å²) in [6.07, 6.45) is 6.18. The van der Waals surface area contributed by atoms with Crippen molar-refractivity contribution >= 4 is 33.3 Å². The highest BCUT2D eigenvalue weighted by molar-refractivity contribution is 8.00. The van der Waals surface area contributed by atoms with Crippen molar-refractivity contribution in [3.63, 3.8) is 0 Å². The molecular weight excluding hydrogens is 200 g/mol. The summed E-state index contributed by atoms with van der Waals surface area (Å²) in [6.45, 7) is 0. The molecule has 0 amide bonds. The molecule has 0 saturated carbocycles. The Bertz CT molecular complexity index is 409. The molecule has 2 rings (SSSR count). The molecule has 2 heterocycles. The third kappa shape index (κ3) is 2.00. The second-order valence-corrected chi connectivity index (χ2v) is 4.63. The number of aromatic nitrogens is 2. The van der Waals surface area contributed by atoms with Gasteiger partial charge in [-0.05, 0) is 6.26 Å². The van der Waals surface area contributed by atoms with E-state index in [1.165, 1.54) is 4.70 Å². The summed E-state index contributed by atoms with van der Waals surface area (Å²) in [5, 5.41) is 0. The van der Waals surface area contributed by atoms with Crippen molar-refractivity contribution in [2.75, 3.05) is 6.26 Å². The number of pyridine rings is 1. The number of hydrogen-bond donors (Lipinski definition) is 0. The summed E-state index contributed by atoms with van der Waals surface area (Å²) in [6, 6.07) is 2.05. The molecule has 0 unspecified atom stereocenters. The van der Waals surface area contributed by atoms with Gasteiger partial charge < -0.3 is 0 Å². The van der Waals surface area contributed by atoms with Gasteiger partial charge in [0.2, 0.25) is 0 Å². The summed E-state index contributed by atoms with van der Waals surface area (Å²) in [5.74, 6) is 0. The standard InChI is InChI=1S/C8H9N2S2.CH4/c1-10-4-3-6-7(5-10)12-8(9-6)11-2;/h3-5H,1-2H3;1H4/q+1;. The van der Waals surface area contributed by atoms with E-state index in [1.807, 2.05) is 23.9 Å². The maximum absolute atomic E-state index is 4.44. The molecule has 0 radical (unpaired) electrons. The lowest BCUT2D eigenvalue weighted by Crippen LogP contribution is -2.25. The van der Waals surface area contributed by atoms with E-state index in [1.54, 1.807) is 23.1 Å². The Morgan fingerprint density at radius 2 is 2.31 bits per heavy atom. The largest absolute Gasteiger partial charge is 0.229 e. The molecule has 0 saturated heterocycles. The number of rotatable bonds is 1. The van der Waals surface area contributed by atoms with Crippen LogP contribution in [0.15, 0.2) is 22.8 Å². The summed E-state index contributed by atoms with van der Waals surface area (Å²) in [7, 11) is 2.03. The van der Waals surface area contributed by atoms with Gasteiger partial charge in [0.1, 0.15) is 11.7 Å². The monoisotopic (exact) mass is 213 g/mol. The lowest BCUT2D eigenvalue weighted by atomic mass is 10.4. The first-order valence-corrected chi connectivity index (χ1v) is 5.63. The van der Waals surface area contributed by atoms with Crippen LogP contribution >= 0.6 is 23.1 Å². The van der Waals surface area contributed by atoms with Crippen LogP contribution in [-0.4, -0.2) is 11.2 Å². The summed E-state index contributed by atoms with van der Waals surface area (Å²) >= 11 is 3.44. The fourth-order valence-corrected chi connectivity index (χ4v) is 2.60. The van der Waals surface area contributed by atoms with Crippen molar-refractivity contribution < 1.29 is 4.57 Å². The first-order chi connectivity index (χ1) is 5.79. The molecule has 0 atom stereocenters. The molecule has 2 aromatic rings. The molecule has 4 heteroatoms. The Labute approximate surface area is 86.6 Å². The van der Waals surface area contributed by atoms with Crippen LogP contribution in [0.3, 0.4) is 0 Å². The van der Waals surface area contributed by atoms with E-state index in [4.69, 9.17) is 0 Å². The number of thiazole rings is 1. The normalized spacial score (nSPS) is 10.0. The first kappa shape index (κ1) is 10.5. The number of hydrogen-bond acceptors (Lipinski definition) is 3. The quantitative estimate of drug-likeness (QED) is 0.534. The third-order valence-electron chi connectivity index (χ3n) is 1.62. The van der Waals surface area contributed by atoms with E-state index in [9.17, 15) is 0 Å². The van der Waals surface area contributed by atoms with E-state index < -0.39 is 0 Å². The first-order valence-electron chi connectivity index (χ1n) is 3.59. The van der Waals surface area contributed by atoms with Crippen molar-refractivity contribution in [1.29, 1.82) is 0 Å². The van der Waals surface area contributed by atoms with Crippen LogP contribution in [0, 0.1) is 0 Å². The molecule has 0 aliphatic carbocycles. The van der Waals surface area contributed by atoms with Gasteiger partial charge in [-0.25, -0.2) is 9.55 Å². The lowest BCUT2D eigenvalue weighted by molar-refractivity contribution is -0.670. The predicted molar refractivity (Wildman–Crippen MR) is 59.3 cm³/mol. The smallest absolute Gasteiger partial charge is 0.188 e. The average Bonchev–Trinajstić information content (AvgIpc) is 2.46. The molecule has 2 aromatic heterocycles. The second-order valence-electron chi connectivity index (χ2n) is 2.54. The molecule has 0 N–H and O–H groups in total. The molecule has 0 aromatic carbocycles. The second kappa shape index (κ2) is 4.07. The van der Waals surface area contributed by atoms with E-state index in [0.29, 0.717) is 0 Å². The summed E-state index contributed by atoms with van der Waals surface area (Å²) < 4.78 is 4.44. The number of thioether (sulfide) groups is 1. The zero-order chi connectivity index (χ0) is 8.55.